The van der Waals surface area contributed by atoms with Crippen LogP contribution in [0.2, 0.25) is 0 Å². The zero-order valence-electron chi connectivity index (χ0n) is 20.1. The van der Waals surface area contributed by atoms with E-state index < -0.39 is 36.2 Å². The average molecular weight is 508 g/mol. The summed E-state index contributed by atoms with van der Waals surface area (Å²) in [6.07, 6.45) is -2.96. The number of halogens is 4. The number of aliphatic carboxylic acids is 1. The van der Waals surface area contributed by atoms with Crippen molar-refractivity contribution in [3.63, 3.8) is 0 Å². The van der Waals surface area contributed by atoms with Crippen LogP contribution in [0.25, 0.3) is 0 Å². The van der Waals surface area contributed by atoms with Crippen molar-refractivity contribution in [2.24, 2.45) is 11.0 Å². The molecule has 0 aromatic heterocycles. The van der Waals surface area contributed by atoms with E-state index in [9.17, 15) is 27.5 Å². The van der Waals surface area contributed by atoms with E-state index in [2.05, 4.69) is 5.10 Å². The number of hydrazone groups is 1. The molecule has 2 aliphatic heterocycles. The predicted molar refractivity (Wildman–Crippen MR) is 129 cm³/mol. The quantitative estimate of drug-likeness (QED) is 0.491. The Kier molecular flexibility index (Phi) is 7.42. The first-order valence-corrected chi connectivity index (χ1v) is 12.0. The third kappa shape index (κ3) is 5.57. The van der Waals surface area contributed by atoms with Crippen LogP contribution in [0.1, 0.15) is 38.7 Å². The largest absolute Gasteiger partial charge is 0.490 e. The lowest BCUT2D eigenvalue weighted by molar-refractivity contribution is -0.137. The summed E-state index contributed by atoms with van der Waals surface area (Å²) < 4.78 is 60.5. The predicted octanol–water partition coefficient (Wildman–Crippen LogP) is 5.65. The van der Waals surface area contributed by atoms with E-state index in [0.29, 0.717) is 43.1 Å². The molecule has 36 heavy (non-hydrogen) atoms. The van der Waals surface area contributed by atoms with Crippen LogP contribution in [0.5, 0.6) is 5.75 Å². The number of nitrogens with zero attached hydrogens (tertiary/aromatic N) is 3. The number of ether oxygens (including phenoxy) is 1. The maximum Gasteiger partial charge on any atom is 0.431 e. The Morgan fingerprint density at radius 3 is 2.39 bits per heavy atom. The van der Waals surface area contributed by atoms with E-state index in [1.165, 1.54) is 13.0 Å². The van der Waals surface area contributed by atoms with E-state index in [1.54, 1.807) is 30.3 Å². The molecular formula is C26H29F4N3O3. The SMILES string of the molecule is CCc1ccc(F)c(N2CCC(Oc3ccc(N4N=C(C(F)(F)F)[C@@H](C)[C@@H]4CC(=O)O)cc3)CC2)c1. The Balaban J connectivity index is 1.41. The topological polar surface area (TPSA) is 65.4 Å². The fraction of sp³-hybridized carbons (Fsp3) is 0.462. The van der Waals surface area contributed by atoms with Crippen molar-refractivity contribution in [2.45, 2.75) is 57.9 Å². The van der Waals surface area contributed by atoms with Gasteiger partial charge in [0.25, 0.3) is 0 Å². The zero-order valence-corrected chi connectivity index (χ0v) is 20.1. The summed E-state index contributed by atoms with van der Waals surface area (Å²) in [5, 5.41) is 14.1. The van der Waals surface area contributed by atoms with Gasteiger partial charge in [0.05, 0.1) is 23.8 Å². The van der Waals surface area contributed by atoms with E-state index in [-0.39, 0.29) is 11.9 Å². The van der Waals surface area contributed by atoms with Crippen LogP contribution in [0.15, 0.2) is 47.6 Å². The van der Waals surface area contributed by atoms with Gasteiger partial charge in [0, 0.05) is 31.8 Å². The van der Waals surface area contributed by atoms with Crippen LogP contribution < -0.4 is 14.6 Å². The maximum absolute atomic E-state index is 14.3. The molecule has 0 unspecified atom stereocenters. The second kappa shape index (κ2) is 10.4. The van der Waals surface area contributed by atoms with Gasteiger partial charge >= 0.3 is 12.1 Å². The third-order valence-electron chi connectivity index (χ3n) is 6.82. The number of anilines is 2. The van der Waals surface area contributed by atoms with Gasteiger partial charge < -0.3 is 14.7 Å². The van der Waals surface area contributed by atoms with Crippen molar-refractivity contribution >= 4 is 23.1 Å². The number of benzene rings is 2. The fourth-order valence-corrected chi connectivity index (χ4v) is 4.79. The minimum absolute atomic E-state index is 0.0778. The molecule has 2 aromatic carbocycles. The van der Waals surface area contributed by atoms with Crippen LogP contribution in [0.3, 0.4) is 0 Å². The summed E-state index contributed by atoms with van der Waals surface area (Å²) in [7, 11) is 0. The van der Waals surface area contributed by atoms with Crippen molar-refractivity contribution in [1.82, 2.24) is 0 Å². The lowest BCUT2D eigenvalue weighted by Gasteiger charge is -2.34. The van der Waals surface area contributed by atoms with Gasteiger partial charge in [0.2, 0.25) is 0 Å². The van der Waals surface area contributed by atoms with Gasteiger partial charge in [-0.2, -0.15) is 18.3 Å². The lowest BCUT2D eigenvalue weighted by atomic mass is 9.94. The summed E-state index contributed by atoms with van der Waals surface area (Å²) in [5.41, 5.74) is 1.06. The van der Waals surface area contributed by atoms with Crippen LogP contribution in [0.4, 0.5) is 28.9 Å². The normalized spacial score (nSPS) is 21.0. The second-order valence-corrected chi connectivity index (χ2v) is 9.22. The Hall–Kier alpha value is -3.30. The molecule has 2 heterocycles. The van der Waals surface area contributed by atoms with Gasteiger partial charge in [0.15, 0.2) is 0 Å². The first-order valence-electron chi connectivity index (χ1n) is 12.0. The highest BCUT2D eigenvalue weighted by molar-refractivity contribution is 5.95. The molecule has 2 atom stereocenters. The second-order valence-electron chi connectivity index (χ2n) is 9.22. The van der Waals surface area contributed by atoms with E-state index >= 15 is 0 Å². The lowest BCUT2D eigenvalue weighted by Crippen LogP contribution is -2.38. The van der Waals surface area contributed by atoms with Gasteiger partial charge in [-0.05, 0) is 48.4 Å². The summed E-state index contributed by atoms with van der Waals surface area (Å²) in [6, 6.07) is 10.7. The number of carboxylic acids is 1. The van der Waals surface area contributed by atoms with Gasteiger partial charge in [0.1, 0.15) is 23.4 Å². The number of hydrogen-bond acceptors (Lipinski definition) is 5. The van der Waals surface area contributed by atoms with Crippen molar-refractivity contribution < 1.29 is 32.2 Å². The van der Waals surface area contributed by atoms with E-state index in [0.717, 1.165) is 17.0 Å². The molecule has 0 amide bonds. The number of piperidine rings is 1. The molecule has 10 heteroatoms. The molecule has 6 nitrogen and oxygen atoms in total. The monoisotopic (exact) mass is 507 g/mol. The average Bonchev–Trinajstić information content (AvgIpc) is 3.16. The number of rotatable bonds is 7. The molecule has 0 bridgehead atoms. The van der Waals surface area contributed by atoms with Crippen LogP contribution >= 0.6 is 0 Å². The van der Waals surface area contributed by atoms with Crippen LogP contribution in [-0.4, -0.2) is 48.2 Å². The molecular weight excluding hydrogens is 478 g/mol. The van der Waals surface area contributed by atoms with Gasteiger partial charge in [-0.15, -0.1) is 0 Å². The van der Waals surface area contributed by atoms with E-state index in [4.69, 9.17) is 4.74 Å². The third-order valence-corrected chi connectivity index (χ3v) is 6.82. The van der Waals surface area contributed by atoms with Crippen LogP contribution in [-0.2, 0) is 11.2 Å². The van der Waals surface area contributed by atoms with Crippen molar-refractivity contribution in [2.75, 3.05) is 23.0 Å². The fourth-order valence-electron chi connectivity index (χ4n) is 4.79. The molecule has 1 fully saturated rings. The summed E-state index contributed by atoms with van der Waals surface area (Å²) in [6.45, 7) is 4.66. The van der Waals surface area contributed by atoms with Crippen molar-refractivity contribution in [3.8, 4) is 5.75 Å². The molecule has 0 saturated carbocycles. The summed E-state index contributed by atoms with van der Waals surface area (Å²) in [4.78, 5) is 13.3. The summed E-state index contributed by atoms with van der Waals surface area (Å²) >= 11 is 0. The molecule has 2 aromatic rings. The Labute approximate surface area is 207 Å². The molecule has 4 rings (SSSR count). The smallest absolute Gasteiger partial charge is 0.431 e. The minimum atomic E-state index is -4.64. The Morgan fingerprint density at radius 1 is 1.14 bits per heavy atom. The molecule has 0 radical (unpaired) electrons. The standard InChI is InChI=1S/C26H29F4N3O3/c1-3-17-4-9-21(27)23(14-17)32-12-10-20(11-13-32)36-19-7-5-18(6-8-19)33-22(15-24(34)35)16(2)25(31-33)26(28,29)30/h4-9,14,16,20,22H,3,10-13,15H2,1-2H3,(H,34,35)/t16-,22-/m0/s1. The zero-order chi connectivity index (χ0) is 26.0. The highest BCUT2D eigenvalue weighted by Gasteiger charge is 2.48. The first kappa shape index (κ1) is 25.8. The molecule has 1 N–H and O–H groups in total. The van der Waals surface area contributed by atoms with Gasteiger partial charge in [-0.25, -0.2) is 4.39 Å². The molecule has 2 aliphatic rings. The number of aryl methyl sites for hydroxylation is 1. The first-order chi connectivity index (χ1) is 17.1. The van der Waals surface area contributed by atoms with Gasteiger partial charge in [-0.1, -0.05) is 19.9 Å². The Morgan fingerprint density at radius 2 is 1.81 bits per heavy atom. The number of carbonyl (C=O) groups is 1. The molecule has 0 spiro atoms. The van der Waals surface area contributed by atoms with Crippen molar-refractivity contribution in [3.05, 3.63) is 53.8 Å². The maximum atomic E-state index is 14.3. The van der Waals surface area contributed by atoms with Crippen LogP contribution in [0, 0.1) is 11.7 Å². The number of hydrogen-bond donors (Lipinski definition) is 1. The molecule has 0 aliphatic carbocycles. The highest BCUT2D eigenvalue weighted by Crippen LogP contribution is 2.37. The van der Waals surface area contributed by atoms with E-state index in [1.807, 2.05) is 17.9 Å². The number of alkyl halides is 3. The minimum Gasteiger partial charge on any atom is -0.490 e. The molecule has 194 valence electrons. The van der Waals surface area contributed by atoms with Crippen molar-refractivity contribution in [1.29, 1.82) is 0 Å². The summed E-state index contributed by atoms with van der Waals surface area (Å²) in [5.74, 6) is -1.96. The van der Waals surface area contributed by atoms with Gasteiger partial charge in [-0.3, -0.25) is 9.80 Å². The number of carboxylic acid groups (broad SMARTS) is 1. The molecule has 1 saturated heterocycles. The highest BCUT2D eigenvalue weighted by atomic mass is 19.4. The Bertz CT molecular complexity index is 1110.